The summed E-state index contributed by atoms with van der Waals surface area (Å²) in [7, 11) is 1.68. The molecule has 1 aliphatic heterocycles. The number of nitrogens with zero attached hydrogens (tertiary/aromatic N) is 2. The van der Waals surface area contributed by atoms with E-state index in [-0.39, 0.29) is 5.69 Å². The molecule has 2 aromatic rings. The van der Waals surface area contributed by atoms with Crippen LogP contribution in [0.5, 0.6) is 5.75 Å². The molecule has 3 rings (SSSR count). The lowest BCUT2D eigenvalue weighted by atomic mass is 10.2. The predicted molar refractivity (Wildman–Crippen MR) is 112 cm³/mol. The Morgan fingerprint density at radius 2 is 1.93 bits per heavy atom. The van der Waals surface area contributed by atoms with Crippen LogP contribution in [0.15, 0.2) is 42.5 Å². The Labute approximate surface area is 170 Å². The van der Waals surface area contributed by atoms with E-state index in [9.17, 15) is 10.1 Å². The second-order valence-corrected chi connectivity index (χ2v) is 7.29. The first kappa shape index (κ1) is 20.2. The van der Waals surface area contributed by atoms with Crippen molar-refractivity contribution in [3.63, 3.8) is 0 Å². The highest BCUT2D eigenvalue weighted by molar-refractivity contribution is 6.33. The third-order valence-electron chi connectivity index (χ3n) is 5.09. The van der Waals surface area contributed by atoms with E-state index in [1.54, 1.807) is 18.1 Å². The zero-order valence-corrected chi connectivity index (χ0v) is 16.7. The van der Waals surface area contributed by atoms with Crippen LogP contribution in [0.25, 0.3) is 0 Å². The molecule has 0 aliphatic carbocycles. The molecular weight excluding hydrogens is 380 g/mol. The molecule has 150 valence electrons. The number of ether oxygens (including phenoxy) is 1. The van der Waals surface area contributed by atoms with E-state index in [1.165, 1.54) is 17.8 Å². The second kappa shape index (κ2) is 9.61. The van der Waals surface area contributed by atoms with Gasteiger partial charge in [-0.05, 0) is 30.3 Å². The van der Waals surface area contributed by atoms with Crippen LogP contribution in [0.2, 0.25) is 5.02 Å². The minimum atomic E-state index is -0.440. The zero-order chi connectivity index (χ0) is 19.9. The fourth-order valence-corrected chi connectivity index (χ4v) is 3.69. The second-order valence-electron chi connectivity index (χ2n) is 6.89. The lowest BCUT2D eigenvalue weighted by Gasteiger charge is -2.33. The highest BCUT2D eigenvalue weighted by atomic mass is 35.5. The molecule has 1 heterocycles. The van der Waals surface area contributed by atoms with Gasteiger partial charge in [-0.3, -0.25) is 10.1 Å². The summed E-state index contributed by atoms with van der Waals surface area (Å²) in [6.45, 7) is 6.21. The van der Waals surface area contributed by atoms with Gasteiger partial charge in [-0.1, -0.05) is 11.6 Å². The number of anilines is 2. The fraction of sp³-hybridized carbons (Fsp3) is 0.400. The molecule has 0 radical (unpaired) electrons. The molecule has 1 saturated heterocycles. The minimum absolute atomic E-state index is 0.00900. The molecule has 0 atom stereocenters. The Hall–Kier alpha value is -2.51. The van der Waals surface area contributed by atoms with Gasteiger partial charge in [0.1, 0.15) is 5.75 Å². The SMILES string of the molecule is COc1ccc(N2CC[NH+](CCCNc3ccc([N+](=O)[O-])cc3Cl)CC2)cc1. The minimum Gasteiger partial charge on any atom is -0.497 e. The average molecular weight is 406 g/mol. The molecule has 1 fully saturated rings. The van der Waals surface area contributed by atoms with Crippen LogP contribution in [-0.2, 0) is 0 Å². The number of non-ortho nitro benzene ring substituents is 1. The molecule has 2 N–H and O–H groups in total. The molecule has 1 aliphatic rings. The van der Waals surface area contributed by atoms with Crippen molar-refractivity contribution in [1.82, 2.24) is 0 Å². The van der Waals surface area contributed by atoms with Crippen molar-refractivity contribution in [3.8, 4) is 5.75 Å². The standard InChI is InChI=1S/C20H25ClN4O3/c1-28-18-6-3-16(4-7-18)24-13-11-23(12-14-24)10-2-9-22-20-8-5-17(25(26)27)15-19(20)21/h3-8,15,22H,2,9-14H2,1H3/p+1. The first-order valence-electron chi connectivity index (χ1n) is 9.47. The van der Waals surface area contributed by atoms with Gasteiger partial charge >= 0.3 is 0 Å². The largest absolute Gasteiger partial charge is 0.497 e. The van der Waals surface area contributed by atoms with Crippen LogP contribution < -0.4 is 19.9 Å². The van der Waals surface area contributed by atoms with Gasteiger partial charge in [-0.15, -0.1) is 0 Å². The third kappa shape index (κ3) is 5.27. The van der Waals surface area contributed by atoms with Crippen molar-refractivity contribution in [2.45, 2.75) is 6.42 Å². The molecule has 8 heteroatoms. The maximum Gasteiger partial charge on any atom is 0.271 e. The van der Waals surface area contributed by atoms with Crippen molar-refractivity contribution in [3.05, 3.63) is 57.6 Å². The Morgan fingerprint density at radius 1 is 1.21 bits per heavy atom. The van der Waals surface area contributed by atoms with Gasteiger partial charge in [0, 0.05) is 30.8 Å². The van der Waals surface area contributed by atoms with Gasteiger partial charge in [0.05, 0.1) is 55.5 Å². The van der Waals surface area contributed by atoms with Crippen LogP contribution in [-0.4, -0.2) is 51.3 Å². The quantitative estimate of drug-likeness (QED) is 0.401. The number of halogens is 1. The summed E-state index contributed by atoms with van der Waals surface area (Å²) in [6, 6.07) is 12.8. The summed E-state index contributed by atoms with van der Waals surface area (Å²) in [5, 5.41) is 14.4. The van der Waals surface area contributed by atoms with E-state index in [2.05, 4.69) is 22.3 Å². The summed E-state index contributed by atoms with van der Waals surface area (Å²) in [6.07, 6.45) is 1.02. The summed E-state index contributed by atoms with van der Waals surface area (Å²) in [5.74, 6) is 0.883. The molecule has 2 aromatic carbocycles. The molecule has 0 bridgehead atoms. The van der Waals surface area contributed by atoms with E-state index in [0.717, 1.165) is 57.1 Å². The number of hydrogen-bond donors (Lipinski definition) is 2. The van der Waals surface area contributed by atoms with Crippen LogP contribution in [0.4, 0.5) is 17.1 Å². The first-order valence-corrected chi connectivity index (χ1v) is 9.85. The van der Waals surface area contributed by atoms with Crippen LogP contribution in [0.1, 0.15) is 6.42 Å². The van der Waals surface area contributed by atoms with Gasteiger partial charge in [-0.2, -0.15) is 0 Å². The Balaban J connectivity index is 1.38. The first-order chi connectivity index (χ1) is 13.6. The average Bonchev–Trinajstić information content (AvgIpc) is 2.72. The van der Waals surface area contributed by atoms with E-state index in [1.807, 2.05) is 12.1 Å². The number of hydrogen-bond acceptors (Lipinski definition) is 5. The number of methoxy groups -OCH3 is 1. The number of benzene rings is 2. The number of rotatable bonds is 8. The molecule has 0 unspecified atom stereocenters. The summed E-state index contributed by atoms with van der Waals surface area (Å²) < 4.78 is 5.22. The monoisotopic (exact) mass is 405 g/mol. The van der Waals surface area contributed by atoms with E-state index in [4.69, 9.17) is 16.3 Å². The van der Waals surface area contributed by atoms with Gasteiger partial charge in [0.25, 0.3) is 5.69 Å². The molecule has 0 aromatic heterocycles. The Morgan fingerprint density at radius 3 is 2.54 bits per heavy atom. The lowest BCUT2D eigenvalue weighted by Crippen LogP contribution is -3.14. The molecular formula is C20H26ClN4O3+. The van der Waals surface area contributed by atoms with E-state index in [0.29, 0.717) is 5.02 Å². The number of nitro benzene ring substituents is 1. The van der Waals surface area contributed by atoms with Crippen LogP contribution in [0, 0.1) is 10.1 Å². The maximum atomic E-state index is 10.8. The highest BCUT2D eigenvalue weighted by Crippen LogP contribution is 2.26. The van der Waals surface area contributed by atoms with Crippen molar-refractivity contribution in [2.24, 2.45) is 0 Å². The van der Waals surface area contributed by atoms with Crippen molar-refractivity contribution in [2.75, 3.05) is 56.6 Å². The van der Waals surface area contributed by atoms with Gasteiger partial charge in [0.2, 0.25) is 0 Å². The highest BCUT2D eigenvalue weighted by Gasteiger charge is 2.19. The van der Waals surface area contributed by atoms with Crippen LogP contribution in [0.3, 0.4) is 0 Å². The maximum absolute atomic E-state index is 10.8. The number of piperazine rings is 1. The molecule has 0 saturated carbocycles. The lowest BCUT2D eigenvalue weighted by molar-refractivity contribution is -0.900. The predicted octanol–water partition coefficient (Wildman–Crippen LogP) is 2.46. The van der Waals surface area contributed by atoms with Crippen molar-refractivity contribution in [1.29, 1.82) is 0 Å². The zero-order valence-electron chi connectivity index (χ0n) is 16.0. The molecule has 28 heavy (non-hydrogen) atoms. The molecule has 0 spiro atoms. The summed E-state index contributed by atoms with van der Waals surface area (Å²) in [4.78, 5) is 14.3. The third-order valence-corrected chi connectivity index (χ3v) is 5.41. The fourth-order valence-electron chi connectivity index (χ4n) is 3.45. The summed E-state index contributed by atoms with van der Waals surface area (Å²) in [5.41, 5.74) is 2.00. The normalized spacial score (nSPS) is 14.7. The smallest absolute Gasteiger partial charge is 0.271 e. The van der Waals surface area contributed by atoms with Gasteiger partial charge < -0.3 is 19.9 Å². The number of nitrogens with one attached hydrogen (secondary N) is 2. The van der Waals surface area contributed by atoms with Gasteiger partial charge in [0.15, 0.2) is 0 Å². The summed E-state index contributed by atoms with van der Waals surface area (Å²) >= 11 is 6.11. The van der Waals surface area contributed by atoms with E-state index < -0.39 is 4.92 Å². The topological polar surface area (TPSA) is 72.1 Å². The number of nitro groups is 1. The molecule has 0 amide bonds. The van der Waals surface area contributed by atoms with Crippen LogP contribution >= 0.6 is 11.6 Å². The van der Waals surface area contributed by atoms with Gasteiger partial charge in [-0.25, -0.2) is 0 Å². The van der Waals surface area contributed by atoms with E-state index >= 15 is 0 Å². The van der Waals surface area contributed by atoms with Crippen molar-refractivity contribution >= 4 is 28.7 Å². The Kier molecular flexibility index (Phi) is 6.95. The van der Waals surface area contributed by atoms with Crippen molar-refractivity contribution < 1.29 is 14.6 Å². The number of quaternary nitrogens is 1. The Bertz CT molecular complexity index is 793. The molecule has 7 nitrogen and oxygen atoms in total.